The van der Waals surface area contributed by atoms with Crippen LogP contribution in [0.1, 0.15) is 19.8 Å². The molecular weight excluding hydrogens is 460 g/mol. The van der Waals surface area contributed by atoms with Gasteiger partial charge in [0.25, 0.3) is 5.56 Å². The highest BCUT2D eigenvalue weighted by atomic mass is 79.9. The minimum absolute atomic E-state index is 0.0626. The van der Waals surface area contributed by atoms with Crippen LogP contribution in [0.4, 0.5) is 4.79 Å². The number of hydrogen-bond acceptors (Lipinski definition) is 6. The van der Waals surface area contributed by atoms with Gasteiger partial charge >= 0.3 is 6.03 Å². The molecule has 1 saturated heterocycles. The predicted octanol–water partition coefficient (Wildman–Crippen LogP) is 2.62. The van der Waals surface area contributed by atoms with Crippen LogP contribution in [0, 0.1) is 0 Å². The second kappa shape index (κ2) is 10.2. The predicted molar refractivity (Wildman–Crippen MR) is 115 cm³/mol. The highest BCUT2D eigenvalue weighted by Gasteiger charge is 2.27. The molecule has 0 radical (unpaired) electrons. The first-order valence-corrected chi connectivity index (χ1v) is 11.3. The summed E-state index contributed by atoms with van der Waals surface area (Å²) in [6.07, 6.45) is 1.34. The van der Waals surface area contributed by atoms with Crippen LogP contribution < -0.4 is 10.9 Å². The van der Waals surface area contributed by atoms with Crippen molar-refractivity contribution in [2.45, 2.75) is 31.5 Å². The van der Waals surface area contributed by atoms with Gasteiger partial charge in [0, 0.05) is 36.5 Å². The van der Waals surface area contributed by atoms with Gasteiger partial charge in [-0.05, 0) is 38.0 Å². The molecule has 29 heavy (non-hydrogen) atoms. The molecule has 1 fully saturated rings. The molecule has 10 heteroatoms. The lowest BCUT2D eigenvalue weighted by Gasteiger charge is -2.14. The molecule has 0 aliphatic carbocycles. The van der Waals surface area contributed by atoms with Crippen molar-refractivity contribution in [2.24, 2.45) is 0 Å². The Balaban J connectivity index is 1.73. The van der Waals surface area contributed by atoms with E-state index in [4.69, 9.17) is 4.74 Å². The van der Waals surface area contributed by atoms with Crippen LogP contribution in [0.15, 0.2) is 32.6 Å². The van der Waals surface area contributed by atoms with Crippen molar-refractivity contribution in [2.75, 3.05) is 32.1 Å². The van der Waals surface area contributed by atoms with E-state index in [2.05, 4.69) is 26.2 Å². The molecule has 1 aromatic carbocycles. The summed E-state index contributed by atoms with van der Waals surface area (Å²) in [7, 11) is 0. The van der Waals surface area contributed by atoms with Crippen LogP contribution in [0.5, 0.6) is 0 Å². The second-order valence-electron chi connectivity index (χ2n) is 6.47. The Morgan fingerprint density at radius 3 is 2.79 bits per heavy atom. The van der Waals surface area contributed by atoms with Gasteiger partial charge in [-0.2, -0.15) is 0 Å². The second-order valence-corrected chi connectivity index (χ2v) is 8.45. The molecule has 1 N–H and O–H groups in total. The number of hydrogen-bond donors (Lipinski definition) is 1. The Kier molecular flexibility index (Phi) is 7.68. The minimum Gasteiger partial charge on any atom is -0.382 e. The lowest BCUT2D eigenvalue weighted by Crippen LogP contribution is -2.32. The molecular formula is C19H23BrN4O4S. The topological polar surface area (TPSA) is 93.5 Å². The van der Waals surface area contributed by atoms with Crippen molar-refractivity contribution in [1.82, 2.24) is 19.8 Å². The van der Waals surface area contributed by atoms with Crippen molar-refractivity contribution >= 4 is 50.5 Å². The normalized spacial score (nSPS) is 14.1. The van der Waals surface area contributed by atoms with Gasteiger partial charge in [-0.25, -0.2) is 9.78 Å². The zero-order valence-electron chi connectivity index (χ0n) is 16.1. The number of carbonyl (C=O) groups is 2. The standard InChI is InChI=1S/C19H23BrN4O4S/c1-2-28-9-3-7-24-17(26)14-11-13(20)5-6-15(14)22-19(24)29-10-4-8-23-16(25)12-21-18(23)27/h5-6,11H,2-4,7-10,12H2,1H3,(H,21,27). The number of aromatic nitrogens is 2. The molecule has 3 amide bonds. The van der Waals surface area contributed by atoms with Crippen LogP contribution in [-0.4, -0.2) is 58.4 Å². The van der Waals surface area contributed by atoms with Crippen LogP contribution in [0.2, 0.25) is 0 Å². The minimum atomic E-state index is -0.345. The van der Waals surface area contributed by atoms with Crippen LogP contribution >= 0.6 is 27.7 Å². The molecule has 2 heterocycles. The Hall–Kier alpha value is -1.91. The largest absolute Gasteiger partial charge is 0.382 e. The summed E-state index contributed by atoms with van der Waals surface area (Å²) in [5.74, 6) is 0.430. The summed E-state index contributed by atoms with van der Waals surface area (Å²) < 4.78 is 7.91. The van der Waals surface area contributed by atoms with Gasteiger partial charge in [0.1, 0.15) is 0 Å². The number of urea groups is 1. The van der Waals surface area contributed by atoms with E-state index in [1.807, 2.05) is 19.1 Å². The maximum Gasteiger partial charge on any atom is 0.324 e. The number of nitrogens with one attached hydrogen (secondary N) is 1. The Bertz CT molecular complexity index is 949. The third kappa shape index (κ3) is 5.37. The molecule has 0 atom stereocenters. The van der Waals surface area contributed by atoms with Gasteiger partial charge in [-0.15, -0.1) is 0 Å². The molecule has 8 nitrogen and oxygen atoms in total. The average molecular weight is 483 g/mol. The van der Waals surface area contributed by atoms with Gasteiger partial charge in [0.05, 0.1) is 17.4 Å². The van der Waals surface area contributed by atoms with E-state index in [-0.39, 0.29) is 24.0 Å². The van der Waals surface area contributed by atoms with E-state index in [0.29, 0.717) is 61.0 Å². The van der Waals surface area contributed by atoms with E-state index in [9.17, 15) is 14.4 Å². The Morgan fingerprint density at radius 2 is 2.07 bits per heavy atom. The number of nitrogens with zero attached hydrogens (tertiary/aromatic N) is 3. The van der Waals surface area contributed by atoms with Crippen molar-refractivity contribution < 1.29 is 14.3 Å². The van der Waals surface area contributed by atoms with Crippen LogP contribution in [-0.2, 0) is 16.1 Å². The average Bonchev–Trinajstić information content (AvgIpc) is 3.02. The maximum atomic E-state index is 13.0. The third-order valence-corrected chi connectivity index (χ3v) is 6.01. The van der Waals surface area contributed by atoms with Gasteiger partial charge in [-0.1, -0.05) is 27.7 Å². The highest BCUT2D eigenvalue weighted by molar-refractivity contribution is 9.10. The smallest absolute Gasteiger partial charge is 0.324 e. The quantitative estimate of drug-likeness (QED) is 0.242. The molecule has 0 unspecified atom stereocenters. The summed E-state index contributed by atoms with van der Waals surface area (Å²) in [4.78, 5) is 42.2. The number of imide groups is 1. The lowest BCUT2D eigenvalue weighted by atomic mass is 10.2. The van der Waals surface area contributed by atoms with Crippen molar-refractivity contribution in [3.8, 4) is 0 Å². The molecule has 156 valence electrons. The Labute approximate surface area is 181 Å². The molecule has 1 aliphatic heterocycles. The van der Waals surface area contributed by atoms with Crippen molar-refractivity contribution in [3.05, 3.63) is 33.0 Å². The number of fused-ring (bicyclic) bond motifs is 1. The number of amides is 3. The number of ether oxygens (including phenoxy) is 1. The number of benzene rings is 1. The van der Waals surface area contributed by atoms with Crippen molar-refractivity contribution in [1.29, 1.82) is 0 Å². The zero-order valence-corrected chi connectivity index (χ0v) is 18.6. The van der Waals surface area contributed by atoms with Gasteiger partial charge in [-0.3, -0.25) is 19.1 Å². The number of halogens is 1. The fourth-order valence-corrected chi connectivity index (χ4v) is 4.33. The van der Waals surface area contributed by atoms with Crippen molar-refractivity contribution in [3.63, 3.8) is 0 Å². The first-order valence-electron chi connectivity index (χ1n) is 9.50. The van der Waals surface area contributed by atoms with Crippen LogP contribution in [0.3, 0.4) is 0 Å². The fourth-order valence-electron chi connectivity index (χ4n) is 3.02. The molecule has 1 aliphatic rings. The molecule has 1 aromatic heterocycles. The Morgan fingerprint density at radius 1 is 1.24 bits per heavy atom. The number of thioether (sulfide) groups is 1. The summed E-state index contributed by atoms with van der Waals surface area (Å²) in [5.41, 5.74) is 0.570. The van der Waals surface area contributed by atoms with E-state index in [0.717, 1.165) is 4.47 Å². The van der Waals surface area contributed by atoms with Gasteiger partial charge in [0.15, 0.2) is 5.16 Å². The summed E-state index contributed by atoms with van der Waals surface area (Å²) in [5, 5.41) is 3.72. The third-order valence-electron chi connectivity index (χ3n) is 4.45. The maximum absolute atomic E-state index is 13.0. The molecule has 2 aromatic rings. The zero-order chi connectivity index (χ0) is 20.8. The number of carbonyl (C=O) groups excluding carboxylic acids is 2. The van der Waals surface area contributed by atoms with Gasteiger partial charge < -0.3 is 10.1 Å². The molecule has 0 spiro atoms. The van der Waals surface area contributed by atoms with E-state index >= 15 is 0 Å². The summed E-state index contributed by atoms with van der Waals surface area (Å²) in [6.45, 7) is 4.09. The highest BCUT2D eigenvalue weighted by Crippen LogP contribution is 2.21. The lowest BCUT2D eigenvalue weighted by molar-refractivity contribution is -0.124. The number of rotatable bonds is 10. The molecule has 3 rings (SSSR count). The fraction of sp³-hybridized carbons (Fsp3) is 0.474. The molecule has 0 saturated carbocycles. The van der Waals surface area contributed by atoms with E-state index < -0.39 is 0 Å². The SMILES string of the molecule is CCOCCCn1c(SCCCN2C(=O)CNC2=O)nc2ccc(Br)cc2c1=O. The molecule has 0 bridgehead atoms. The first-order chi connectivity index (χ1) is 14.0. The van der Waals surface area contributed by atoms with E-state index in [1.54, 1.807) is 10.6 Å². The van der Waals surface area contributed by atoms with Gasteiger partial charge in [0.2, 0.25) is 5.91 Å². The van der Waals surface area contributed by atoms with E-state index in [1.165, 1.54) is 16.7 Å². The van der Waals surface area contributed by atoms with Crippen LogP contribution in [0.25, 0.3) is 10.9 Å². The summed E-state index contributed by atoms with van der Waals surface area (Å²) in [6, 6.07) is 5.13. The first kappa shape index (κ1) is 21.8. The monoisotopic (exact) mass is 482 g/mol. The summed E-state index contributed by atoms with van der Waals surface area (Å²) >= 11 is 4.87.